The third-order valence-corrected chi connectivity index (χ3v) is 2.95. The minimum absolute atomic E-state index is 0.138. The summed E-state index contributed by atoms with van der Waals surface area (Å²) in [6.07, 6.45) is 5.44. The van der Waals surface area contributed by atoms with E-state index >= 15 is 0 Å². The summed E-state index contributed by atoms with van der Waals surface area (Å²) >= 11 is 0. The molecule has 0 bridgehead atoms. The van der Waals surface area contributed by atoms with E-state index in [1.165, 1.54) is 16.7 Å². The van der Waals surface area contributed by atoms with Crippen LogP contribution in [0.4, 0.5) is 5.69 Å². The first-order chi connectivity index (χ1) is 7.90. The van der Waals surface area contributed by atoms with Crippen LogP contribution in [0.1, 0.15) is 37.5 Å². The average molecular weight is 229 g/mol. The molecule has 1 rings (SSSR count). The van der Waals surface area contributed by atoms with E-state index in [-0.39, 0.29) is 5.41 Å². The normalized spacial score (nSPS) is 11.2. The standard InChI is InChI=1S/C16H23N/c1-6-8-12-10-14(16(3,4)5)11-13(9-7-2)15(12)17/h6-7,10-11H,1-2,8-9,17H2,3-5H3. The summed E-state index contributed by atoms with van der Waals surface area (Å²) in [5, 5.41) is 0. The molecule has 1 nitrogen and oxygen atoms in total. The van der Waals surface area contributed by atoms with E-state index in [0.29, 0.717) is 0 Å². The minimum atomic E-state index is 0.138. The molecular formula is C16H23N. The van der Waals surface area contributed by atoms with Gasteiger partial charge in [-0.05, 0) is 34.9 Å². The van der Waals surface area contributed by atoms with Gasteiger partial charge in [-0.25, -0.2) is 0 Å². The van der Waals surface area contributed by atoms with Crippen LogP contribution in [-0.4, -0.2) is 0 Å². The highest BCUT2D eigenvalue weighted by Crippen LogP contribution is 2.29. The molecule has 0 atom stereocenters. The van der Waals surface area contributed by atoms with Crippen LogP contribution < -0.4 is 5.73 Å². The lowest BCUT2D eigenvalue weighted by atomic mass is 9.83. The Morgan fingerprint density at radius 1 is 1.06 bits per heavy atom. The van der Waals surface area contributed by atoms with Crippen molar-refractivity contribution in [1.82, 2.24) is 0 Å². The maximum absolute atomic E-state index is 6.17. The van der Waals surface area contributed by atoms with Crippen molar-refractivity contribution in [1.29, 1.82) is 0 Å². The van der Waals surface area contributed by atoms with Crippen LogP contribution in [0, 0.1) is 0 Å². The molecule has 1 heteroatoms. The largest absolute Gasteiger partial charge is 0.398 e. The number of hydrogen-bond acceptors (Lipinski definition) is 1. The van der Waals surface area contributed by atoms with Gasteiger partial charge in [0.15, 0.2) is 0 Å². The van der Waals surface area contributed by atoms with Crippen molar-refractivity contribution in [2.45, 2.75) is 39.0 Å². The van der Waals surface area contributed by atoms with Gasteiger partial charge in [0.25, 0.3) is 0 Å². The Hall–Kier alpha value is -1.50. The van der Waals surface area contributed by atoms with Crippen LogP contribution in [0.3, 0.4) is 0 Å². The van der Waals surface area contributed by atoms with Gasteiger partial charge in [0.1, 0.15) is 0 Å². The summed E-state index contributed by atoms with van der Waals surface area (Å²) < 4.78 is 0. The maximum Gasteiger partial charge on any atom is 0.0385 e. The molecule has 0 unspecified atom stereocenters. The summed E-state index contributed by atoms with van der Waals surface area (Å²) in [4.78, 5) is 0. The Morgan fingerprint density at radius 3 is 1.76 bits per heavy atom. The topological polar surface area (TPSA) is 26.0 Å². The van der Waals surface area contributed by atoms with Crippen molar-refractivity contribution < 1.29 is 0 Å². The molecule has 17 heavy (non-hydrogen) atoms. The molecule has 1 aromatic rings. The van der Waals surface area contributed by atoms with E-state index in [1.807, 2.05) is 12.2 Å². The van der Waals surface area contributed by atoms with Crippen molar-refractivity contribution in [2.75, 3.05) is 5.73 Å². The molecule has 0 fully saturated rings. The molecule has 0 saturated heterocycles. The van der Waals surface area contributed by atoms with Crippen LogP contribution in [0.25, 0.3) is 0 Å². The van der Waals surface area contributed by atoms with E-state index in [2.05, 4.69) is 46.1 Å². The van der Waals surface area contributed by atoms with E-state index < -0.39 is 0 Å². The molecule has 0 aliphatic rings. The molecule has 0 saturated carbocycles. The summed E-state index contributed by atoms with van der Waals surface area (Å²) in [6, 6.07) is 4.40. The Morgan fingerprint density at radius 2 is 1.47 bits per heavy atom. The Bertz CT molecular complexity index is 391. The van der Waals surface area contributed by atoms with Gasteiger partial charge in [0.05, 0.1) is 0 Å². The third kappa shape index (κ3) is 3.23. The molecule has 0 heterocycles. The van der Waals surface area contributed by atoms with Crippen molar-refractivity contribution in [3.8, 4) is 0 Å². The number of rotatable bonds is 4. The molecule has 2 N–H and O–H groups in total. The predicted molar refractivity (Wildman–Crippen MR) is 77.4 cm³/mol. The van der Waals surface area contributed by atoms with Crippen molar-refractivity contribution in [3.05, 3.63) is 54.1 Å². The fourth-order valence-electron chi connectivity index (χ4n) is 1.86. The number of anilines is 1. The van der Waals surface area contributed by atoms with Crippen LogP contribution in [0.2, 0.25) is 0 Å². The molecule has 0 radical (unpaired) electrons. The molecule has 1 aromatic carbocycles. The smallest absolute Gasteiger partial charge is 0.0385 e. The highest BCUT2D eigenvalue weighted by molar-refractivity contribution is 5.57. The van der Waals surface area contributed by atoms with Crippen LogP contribution in [-0.2, 0) is 18.3 Å². The summed E-state index contributed by atoms with van der Waals surface area (Å²) in [5.74, 6) is 0. The van der Waals surface area contributed by atoms with Crippen molar-refractivity contribution >= 4 is 5.69 Å². The van der Waals surface area contributed by atoms with Gasteiger partial charge in [-0.3, -0.25) is 0 Å². The van der Waals surface area contributed by atoms with Gasteiger partial charge in [-0.2, -0.15) is 0 Å². The number of allylic oxidation sites excluding steroid dienone is 2. The molecule has 0 amide bonds. The zero-order valence-electron chi connectivity index (χ0n) is 11.2. The second-order valence-corrected chi connectivity index (χ2v) is 5.44. The van der Waals surface area contributed by atoms with E-state index in [9.17, 15) is 0 Å². The average Bonchev–Trinajstić information content (AvgIpc) is 2.22. The van der Waals surface area contributed by atoms with Gasteiger partial charge in [-0.1, -0.05) is 45.1 Å². The Kier molecular flexibility index (Phi) is 4.17. The third-order valence-electron chi connectivity index (χ3n) is 2.95. The second kappa shape index (κ2) is 5.22. The number of hydrogen-bond donors (Lipinski definition) is 1. The summed E-state index contributed by atoms with van der Waals surface area (Å²) in [7, 11) is 0. The van der Waals surface area contributed by atoms with Crippen molar-refractivity contribution in [3.63, 3.8) is 0 Å². The summed E-state index contributed by atoms with van der Waals surface area (Å²) in [6.45, 7) is 14.2. The van der Waals surface area contributed by atoms with Gasteiger partial charge < -0.3 is 5.73 Å². The minimum Gasteiger partial charge on any atom is -0.398 e. The molecular weight excluding hydrogens is 206 g/mol. The lowest BCUT2D eigenvalue weighted by Crippen LogP contribution is -2.13. The van der Waals surface area contributed by atoms with E-state index in [4.69, 9.17) is 5.73 Å². The zero-order chi connectivity index (χ0) is 13.1. The van der Waals surface area contributed by atoms with Gasteiger partial charge in [-0.15, -0.1) is 13.2 Å². The zero-order valence-corrected chi connectivity index (χ0v) is 11.2. The quantitative estimate of drug-likeness (QED) is 0.612. The Labute approximate surface area is 105 Å². The SMILES string of the molecule is C=CCc1cc(C(C)(C)C)cc(CC=C)c1N. The second-order valence-electron chi connectivity index (χ2n) is 5.44. The number of benzene rings is 1. The highest BCUT2D eigenvalue weighted by atomic mass is 14.6. The Balaban J connectivity index is 3.35. The first-order valence-electron chi connectivity index (χ1n) is 6.03. The van der Waals surface area contributed by atoms with Crippen molar-refractivity contribution in [2.24, 2.45) is 0 Å². The number of nitrogen functional groups attached to an aromatic ring is 1. The molecule has 0 aliphatic carbocycles. The lowest BCUT2D eigenvalue weighted by molar-refractivity contribution is 0.589. The fourth-order valence-corrected chi connectivity index (χ4v) is 1.86. The van der Waals surface area contributed by atoms with Crippen LogP contribution in [0.15, 0.2) is 37.4 Å². The highest BCUT2D eigenvalue weighted by Gasteiger charge is 2.16. The first-order valence-corrected chi connectivity index (χ1v) is 6.03. The lowest BCUT2D eigenvalue weighted by Gasteiger charge is -2.22. The predicted octanol–water partition coefficient (Wildman–Crippen LogP) is 4.02. The monoisotopic (exact) mass is 229 g/mol. The van der Waals surface area contributed by atoms with E-state index in [1.54, 1.807) is 0 Å². The van der Waals surface area contributed by atoms with Gasteiger partial charge in [0, 0.05) is 5.69 Å². The van der Waals surface area contributed by atoms with Gasteiger partial charge in [0.2, 0.25) is 0 Å². The summed E-state index contributed by atoms with van der Waals surface area (Å²) in [5.41, 5.74) is 10.9. The van der Waals surface area contributed by atoms with E-state index in [0.717, 1.165) is 18.5 Å². The first kappa shape index (κ1) is 13.6. The van der Waals surface area contributed by atoms with Crippen LogP contribution in [0.5, 0.6) is 0 Å². The van der Waals surface area contributed by atoms with Crippen LogP contribution >= 0.6 is 0 Å². The molecule has 0 spiro atoms. The fraction of sp³-hybridized carbons (Fsp3) is 0.375. The maximum atomic E-state index is 6.17. The number of nitrogens with two attached hydrogens (primary N) is 1. The molecule has 92 valence electrons. The molecule has 0 aromatic heterocycles. The molecule has 0 aliphatic heterocycles. The van der Waals surface area contributed by atoms with Gasteiger partial charge >= 0.3 is 0 Å².